The van der Waals surface area contributed by atoms with E-state index < -0.39 is 27.9 Å². The Hall–Kier alpha value is -3.74. The molecule has 10 nitrogen and oxygen atoms in total. The molecule has 2 aliphatic heterocycles. The van der Waals surface area contributed by atoms with Crippen LogP contribution in [0.3, 0.4) is 0 Å². The molecule has 46 heavy (non-hydrogen) atoms. The highest BCUT2D eigenvalue weighted by Gasteiger charge is 2.30. The molecule has 0 bridgehead atoms. The van der Waals surface area contributed by atoms with E-state index in [0.29, 0.717) is 68.3 Å². The molecule has 0 amide bonds. The van der Waals surface area contributed by atoms with E-state index in [0.717, 1.165) is 42.5 Å². The van der Waals surface area contributed by atoms with Crippen molar-refractivity contribution in [1.29, 1.82) is 0 Å². The number of benzene rings is 2. The maximum Gasteiger partial charge on any atom is 0.335 e. The van der Waals surface area contributed by atoms with Crippen LogP contribution in [-0.4, -0.2) is 73.7 Å². The van der Waals surface area contributed by atoms with Crippen molar-refractivity contribution >= 4 is 44.0 Å². The van der Waals surface area contributed by atoms with Crippen molar-refractivity contribution in [3.63, 3.8) is 0 Å². The average Bonchev–Trinajstić information content (AvgIpc) is 3.63. The lowest BCUT2D eigenvalue weighted by molar-refractivity contribution is 0.0696. The summed E-state index contributed by atoms with van der Waals surface area (Å²) in [6, 6.07) is 10.8. The fourth-order valence-corrected chi connectivity index (χ4v) is 8.74. The fourth-order valence-electron chi connectivity index (χ4n) is 7.18. The molecule has 1 N–H and O–H groups in total. The van der Waals surface area contributed by atoms with Crippen molar-refractivity contribution in [2.24, 2.45) is 0 Å². The predicted molar refractivity (Wildman–Crippen MR) is 174 cm³/mol. The number of hydrogen-bond donors (Lipinski definition) is 1. The van der Waals surface area contributed by atoms with Gasteiger partial charge in [0.05, 0.1) is 54.0 Å². The molecule has 1 aromatic heterocycles. The Bertz CT molecular complexity index is 1810. The number of hydrogen-bond acceptors (Lipinski definition) is 7. The van der Waals surface area contributed by atoms with Crippen molar-refractivity contribution in [2.75, 3.05) is 47.8 Å². The predicted octanol–water partition coefficient (Wildman–Crippen LogP) is 5.84. The molecule has 0 radical (unpaired) electrons. The number of aromatic carboxylic acids is 1. The number of rotatable bonds is 8. The van der Waals surface area contributed by atoms with Gasteiger partial charge >= 0.3 is 5.97 Å². The second-order valence-electron chi connectivity index (χ2n) is 12.5. The lowest BCUT2D eigenvalue weighted by Gasteiger charge is -2.31. The van der Waals surface area contributed by atoms with Gasteiger partial charge in [0, 0.05) is 42.5 Å². The molecule has 1 unspecified atom stereocenters. The zero-order chi connectivity index (χ0) is 31.8. The quantitative estimate of drug-likeness (QED) is 0.324. The summed E-state index contributed by atoms with van der Waals surface area (Å²) >= 11 is 0. The summed E-state index contributed by atoms with van der Waals surface area (Å²) in [6.45, 7) is 3.28. The molecule has 4 aliphatic rings. The van der Waals surface area contributed by atoms with E-state index in [1.54, 1.807) is 18.2 Å². The molecule has 2 saturated heterocycles. The Kier molecular flexibility index (Phi) is 8.60. The number of anilines is 2. The van der Waals surface area contributed by atoms with E-state index in [4.69, 9.17) is 14.5 Å². The third-order valence-corrected chi connectivity index (χ3v) is 11.4. The first-order valence-electron chi connectivity index (χ1n) is 16.2. The molecule has 3 aromatic rings. The monoisotopic (exact) mass is 650 g/mol. The number of ether oxygens (including phenoxy) is 2. The number of imidazole rings is 1. The van der Waals surface area contributed by atoms with Gasteiger partial charge in [-0.2, -0.15) is 0 Å². The molecule has 2 aromatic carbocycles. The summed E-state index contributed by atoms with van der Waals surface area (Å²) in [4.78, 5) is 18.7. The van der Waals surface area contributed by atoms with Crippen LogP contribution in [0.5, 0.6) is 0 Å². The van der Waals surface area contributed by atoms with Gasteiger partial charge in [0.1, 0.15) is 11.7 Å². The van der Waals surface area contributed by atoms with Crippen LogP contribution in [0.1, 0.15) is 72.7 Å². The van der Waals surface area contributed by atoms with E-state index in [1.807, 2.05) is 24.3 Å². The largest absolute Gasteiger partial charge is 0.478 e. The van der Waals surface area contributed by atoms with Gasteiger partial charge in [0.25, 0.3) is 0 Å². The summed E-state index contributed by atoms with van der Waals surface area (Å²) in [6.07, 6.45) is 9.09. The molecule has 1 atom stereocenters. The van der Waals surface area contributed by atoms with Crippen LogP contribution in [0, 0.1) is 0 Å². The van der Waals surface area contributed by atoms with Crippen LogP contribution in [0.15, 0.2) is 54.4 Å². The maximum absolute atomic E-state index is 16.0. The fraction of sp³-hybridized carbons (Fsp3) is 0.471. The Morgan fingerprint density at radius 3 is 2.57 bits per heavy atom. The van der Waals surface area contributed by atoms with E-state index in [9.17, 15) is 18.3 Å². The van der Waals surface area contributed by atoms with Gasteiger partial charge in [-0.15, -0.1) is 0 Å². The molecule has 2 aliphatic carbocycles. The number of carboxylic acid groups (broad SMARTS) is 1. The second-order valence-corrected chi connectivity index (χ2v) is 14.5. The Balaban J connectivity index is 1.15. The van der Waals surface area contributed by atoms with Crippen molar-refractivity contribution in [3.05, 3.63) is 71.3 Å². The molecule has 244 valence electrons. The van der Waals surface area contributed by atoms with Gasteiger partial charge in [-0.25, -0.2) is 22.6 Å². The lowest BCUT2D eigenvalue weighted by atomic mass is 9.94. The van der Waals surface area contributed by atoms with E-state index in [2.05, 4.69) is 9.47 Å². The second kappa shape index (κ2) is 12.8. The standard InChI is InChI=1S/C34H39FN4O6S/c35-29-21-27(45-22-24-19-26(38-13-4-18-46(38,42)43)8-12-31(24)37-14-16-44-17-15-37)9-10-28(29)33-36-30-20-23(34(40)41)7-11-32(30)39(33)25-5-2-1-3-6-25/h7-8,10-12,19-21,25,27H,1-6,9,13-18,22H2,(H,40,41). The SMILES string of the molecule is O=C(O)c1ccc2c(c1)nc(C1=CCC(OCc3cc(N4CCCS4(=O)=O)ccc3N3CCOCC3)C=C1F)n2C1CCCCC1. The molecule has 0 spiro atoms. The van der Waals surface area contributed by atoms with Gasteiger partial charge in [0.15, 0.2) is 0 Å². The van der Waals surface area contributed by atoms with Crippen molar-refractivity contribution < 1.29 is 32.2 Å². The van der Waals surface area contributed by atoms with E-state index >= 15 is 4.39 Å². The van der Waals surface area contributed by atoms with Crippen LogP contribution in [0.4, 0.5) is 15.8 Å². The van der Waals surface area contributed by atoms with E-state index in [-0.39, 0.29) is 24.0 Å². The third kappa shape index (κ3) is 6.05. The molecule has 3 heterocycles. The molecular weight excluding hydrogens is 611 g/mol. The van der Waals surface area contributed by atoms with Gasteiger partial charge in [0.2, 0.25) is 10.0 Å². The number of carboxylic acids is 1. The lowest BCUT2D eigenvalue weighted by Crippen LogP contribution is -2.37. The van der Waals surface area contributed by atoms with Gasteiger partial charge in [-0.05, 0) is 68.2 Å². The smallest absolute Gasteiger partial charge is 0.335 e. The van der Waals surface area contributed by atoms with Crippen LogP contribution in [0.2, 0.25) is 0 Å². The number of halogens is 1. The van der Waals surface area contributed by atoms with Crippen LogP contribution < -0.4 is 9.21 Å². The maximum atomic E-state index is 16.0. The highest BCUT2D eigenvalue weighted by atomic mass is 32.2. The topological polar surface area (TPSA) is 114 Å². The molecule has 12 heteroatoms. The highest BCUT2D eigenvalue weighted by Crippen LogP contribution is 2.39. The molecule has 1 saturated carbocycles. The minimum Gasteiger partial charge on any atom is -0.478 e. The van der Waals surface area contributed by atoms with Gasteiger partial charge in [-0.3, -0.25) is 4.31 Å². The van der Waals surface area contributed by atoms with Crippen LogP contribution >= 0.6 is 0 Å². The third-order valence-electron chi connectivity index (χ3n) is 9.52. The van der Waals surface area contributed by atoms with Crippen LogP contribution in [0.25, 0.3) is 16.6 Å². The Labute approximate surface area is 268 Å². The van der Waals surface area contributed by atoms with Gasteiger partial charge < -0.3 is 24.0 Å². The summed E-state index contributed by atoms with van der Waals surface area (Å²) < 4.78 is 56.7. The number of aromatic nitrogens is 2. The Morgan fingerprint density at radius 1 is 1.04 bits per heavy atom. The van der Waals surface area contributed by atoms with Crippen molar-refractivity contribution in [1.82, 2.24) is 9.55 Å². The normalized spacial score (nSPS) is 22.2. The number of allylic oxidation sites excluding steroid dienone is 2. The number of nitrogens with zero attached hydrogens (tertiary/aromatic N) is 4. The summed E-state index contributed by atoms with van der Waals surface area (Å²) in [7, 11) is -3.34. The number of carbonyl (C=O) groups is 1. The summed E-state index contributed by atoms with van der Waals surface area (Å²) in [5, 5.41) is 9.54. The zero-order valence-electron chi connectivity index (χ0n) is 25.7. The number of morpholine rings is 1. The van der Waals surface area contributed by atoms with Crippen molar-refractivity contribution in [3.8, 4) is 0 Å². The highest BCUT2D eigenvalue weighted by molar-refractivity contribution is 7.93. The average molecular weight is 651 g/mol. The van der Waals surface area contributed by atoms with Crippen molar-refractivity contribution in [2.45, 2.75) is 63.7 Å². The number of sulfonamides is 1. The molecular formula is C34H39FN4O6S. The van der Waals surface area contributed by atoms with Crippen LogP contribution in [-0.2, 0) is 26.1 Å². The van der Waals surface area contributed by atoms with E-state index in [1.165, 1.54) is 16.8 Å². The number of fused-ring (bicyclic) bond motifs is 1. The van der Waals surface area contributed by atoms with Gasteiger partial charge in [-0.1, -0.05) is 25.3 Å². The summed E-state index contributed by atoms with van der Waals surface area (Å²) in [5.41, 5.74) is 4.33. The first-order valence-corrected chi connectivity index (χ1v) is 17.8. The molecule has 3 fully saturated rings. The first-order chi connectivity index (χ1) is 22.3. The first kappa shape index (κ1) is 30.9. The Morgan fingerprint density at radius 2 is 1.85 bits per heavy atom. The minimum atomic E-state index is -3.34. The zero-order valence-corrected chi connectivity index (χ0v) is 26.6. The summed E-state index contributed by atoms with van der Waals surface area (Å²) in [5.74, 6) is -0.790. The minimum absolute atomic E-state index is 0.139. The molecule has 7 rings (SSSR count).